The molecule has 2 aliphatic heterocycles. The first-order valence-corrected chi connectivity index (χ1v) is 9.15. The van der Waals surface area contributed by atoms with Crippen LogP contribution in [0.1, 0.15) is 4.88 Å². The predicted molar refractivity (Wildman–Crippen MR) is 93.1 cm³/mol. The van der Waals surface area contributed by atoms with Gasteiger partial charge in [0, 0.05) is 4.88 Å². The van der Waals surface area contributed by atoms with Crippen LogP contribution in [0.3, 0.4) is 0 Å². The van der Waals surface area contributed by atoms with E-state index in [-0.39, 0.29) is 4.32 Å². The fraction of sp³-hybridized carbons (Fsp3) is 0.429. The van der Waals surface area contributed by atoms with Crippen LogP contribution in [-0.2, 0) is 9.53 Å². The molecule has 130 valence electrons. The van der Waals surface area contributed by atoms with E-state index >= 15 is 0 Å². The summed E-state index contributed by atoms with van der Waals surface area (Å²) in [5, 5.41) is 41.0. The zero-order chi connectivity index (χ0) is 17.4. The van der Waals surface area contributed by atoms with E-state index < -0.39 is 43.2 Å². The topological polar surface area (TPSA) is 110 Å². The van der Waals surface area contributed by atoms with Gasteiger partial charge in [-0.25, -0.2) is 0 Å². The zero-order valence-electron chi connectivity index (χ0n) is 12.2. The van der Waals surface area contributed by atoms with Crippen molar-refractivity contribution in [3.63, 3.8) is 0 Å². The number of thiocarbonyl (C=S) groups is 1. The van der Waals surface area contributed by atoms with Crippen molar-refractivity contribution in [3.05, 3.63) is 27.3 Å². The lowest BCUT2D eigenvalue weighted by atomic mass is 9.98. The molecule has 3 heterocycles. The number of nitrogens with zero attached hydrogens (tertiary/aromatic N) is 1. The zero-order valence-corrected chi connectivity index (χ0v) is 14.6. The third kappa shape index (κ3) is 3.16. The van der Waals surface area contributed by atoms with E-state index in [2.05, 4.69) is 0 Å². The normalized spacial score (nSPS) is 35.9. The van der Waals surface area contributed by atoms with Crippen molar-refractivity contribution in [1.29, 1.82) is 0 Å². The summed E-state index contributed by atoms with van der Waals surface area (Å²) in [4.78, 5) is 15.0. The van der Waals surface area contributed by atoms with Crippen LogP contribution in [0.2, 0.25) is 0 Å². The van der Waals surface area contributed by atoms with E-state index in [4.69, 9.17) is 17.0 Å². The van der Waals surface area contributed by atoms with Gasteiger partial charge in [0.1, 0.15) is 24.4 Å². The molecule has 0 aromatic carbocycles. The molecule has 7 nitrogen and oxygen atoms in total. The summed E-state index contributed by atoms with van der Waals surface area (Å²) in [7, 11) is 0. The average molecular weight is 389 g/mol. The fourth-order valence-electron chi connectivity index (χ4n) is 2.50. The molecule has 2 saturated heterocycles. The van der Waals surface area contributed by atoms with Gasteiger partial charge in [0.2, 0.25) is 0 Å². The van der Waals surface area contributed by atoms with Crippen LogP contribution in [0.25, 0.3) is 6.08 Å². The van der Waals surface area contributed by atoms with Gasteiger partial charge in [-0.05, 0) is 17.5 Å². The molecule has 3 rings (SSSR count). The summed E-state index contributed by atoms with van der Waals surface area (Å²) in [6, 6.07) is 3.71. The summed E-state index contributed by atoms with van der Waals surface area (Å²) in [5.41, 5.74) is 0. The Bertz CT molecular complexity index is 661. The summed E-state index contributed by atoms with van der Waals surface area (Å²) in [6.07, 6.45) is -5.28. The second-order valence-corrected chi connectivity index (χ2v) is 7.94. The van der Waals surface area contributed by atoms with Crippen molar-refractivity contribution < 1.29 is 30.0 Å². The Kier molecular flexibility index (Phi) is 5.37. The molecule has 0 saturated carbocycles. The molecule has 0 radical (unpaired) electrons. The molecule has 0 bridgehead atoms. The van der Waals surface area contributed by atoms with Gasteiger partial charge in [-0.3, -0.25) is 9.69 Å². The van der Waals surface area contributed by atoms with E-state index in [9.17, 15) is 25.2 Å². The van der Waals surface area contributed by atoms with Gasteiger partial charge >= 0.3 is 0 Å². The van der Waals surface area contributed by atoms with Gasteiger partial charge in [-0.2, -0.15) is 0 Å². The maximum atomic E-state index is 12.6. The van der Waals surface area contributed by atoms with E-state index in [0.29, 0.717) is 4.91 Å². The van der Waals surface area contributed by atoms with Gasteiger partial charge in [0.05, 0.1) is 11.5 Å². The average Bonchev–Trinajstić information content (AvgIpc) is 3.16. The second-order valence-electron chi connectivity index (χ2n) is 5.29. The first-order valence-electron chi connectivity index (χ1n) is 7.05. The Morgan fingerprint density at radius 3 is 2.67 bits per heavy atom. The van der Waals surface area contributed by atoms with Gasteiger partial charge in [0.25, 0.3) is 5.91 Å². The lowest BCUT2D eigenvalue weighted by Crippen LogP contribution is -2.63. The molecule has 1 amide bonds. The summed E-state index contributed by atoms with van der Waals surface area (Å²) in [5.74, 6) is -0.456. The number of carbonyl (C=O) groups excluding carboxylic acids is 1. The number of aliphatic hydroxyl groups is 4. The van der Waals surface area contributed by atoms with Crippen LogP contribution in [0.4, 0.5) is 0 Å². The standard InChI is InChI=1S/C14H15NO6S3/c16-5-7-9(17)10(18)11(19)13(21-7)15-12(20)8(24-14(15)22)4-6-2-1-3-23-6/h1-4,7,9-11,13,16-19H,5H2/b8-4-/t7-,9+,10+,11-,13-/m1/s1. The Balaban J connectivity index is 1.86. The maximum Gasteiger partial charge on any atom is 0.268 e. The molecule has 0 unspecified atom stereocenters. The number of thioether (sulfide) groups is 1. The highest BCUT2D eigenvalue weighted by molar-refractivity contribution is 8.26. The number of hydrogen-bond donors (Lipinski definition) is 4. The van der Waals surface area contributed by atoms with Crippen molar-refractivity contribution in [2.75, 3.05) is 6.61 Å². The molecule has 2 aliphatic rings. The molecule has 2 fully saturated rings. The largest absolute Gasteiger partial charge is 0.394 e. The van der Waals surface area contributed by atoms with Crippen molar-refractivity contribution in [2.24, 2.45) is 0 Å². The molecule has 24 heavy (non-hydrogen) atoms. The molecule has 10 heteroatoms. The summed E-state index contributed by atoms with van der Waals surface area (Å²) >= 11 is 7.73. The number of hydrogen-bond acceptors (Lipinski definition) is 9. The number of amides is 1. The van der Waals surface area contributed by atoms with Crippen LogP contribution >= 0.6 is 35.3 Å². The van der Waals surface area contributed by atoms with Crippen LogP contribution < -0.4 is 0 Å². The third-order valence-electron chi connectivity index (χ3n) is 3.76. The van der Waals surface area contributed by atoms with Gasteiger partial charge in [-0.1, -0.05) is 30.0 Å². The molecule has 0 spiro atoms. The minimum absolute atomic E-state index is 0.173. The first kappa shape index (κ1) is 18.0. The third-order valence-corrected chi connectivity index (χ3v) is 5.91. The SMILES string of the molecule is O=C1/C(=C/c2cccs2)SC(=S)N1[C@@H]1O[C@H](CO)[C@H](O)[C@H](O)[C@H]1O. The second kappa shape index (κ2) is 7.18. The number of aliphatic hydroxyl groups excluding tert-OH is 4. The lowest BCUT2D eigenvalue weighted by Gasteiger charge is -2.42. The Morgan fingerprint density at radius 1 is 1.29 bits per heavy atom. The molecule has 0 aliphatic carbocycles. The number of rotatable bonds is 3. The summed E-state index contributed by atoms with van der Waals surface area (Å²) < 4.78 is 5.58. The summed E-state index contributed by atoms with van der Waals surface area (Å²) in [6.45, 7) is -0.568. The van der Waals surface area contributed by atoms with Crippen molar-refractivity contribution in [1.82, 2.24) is 4.90 Å². The van der Waals surface area contributed by atoms with Crippen LogP contribution in [-0.4, -0.2) is 72.8 Å². The van der Waals surface area contributed by atoms with Crippen molar-refractivity contribution >= 4 is 51.6 Å². The predicted octanol–water partition coefficient (Wildman–Crippen LogP) is -0.251. The van der Waals surface area contributed by atoms with Gasteiger partial charge < -0.3 is 25.2 Å². The number of thiophene rings is 1. The van der Waals surface area contributed by atoms with E-state index in [1.807, 2.05) is 17.5 Å². The van der Waals surface area contributed by atoms with E-state index in [1.165, 1.54) is 11.3 Å². The van der Waals surface area contributed by atoms with E-state index in [1.54, 1.807) is 6.08 Å². The monoisotopic (exact) mass is 389 g/mol. The minimum atomic E-state index is -1.56. The Hall–Kier alpha value is -0.850. The smallest absolute Gasteiger partial charge is 0.268 e. The minimum Gasteiger partial charge on any atom is -0.394 e. The maximum absolute atomic E-state index is 12.6. The molecule has 1 aromatic rings. The highest BCUT2D eigenvalue weighted by Gasteiger charge is 2.50. The molecule has 4 N–H and O–H groups in total. The van der Waals surface area contributed by atoms with Gasteiger partial charge in [-0.15, -0.1) is 11.3 Å². The van der Waals surface area contributed by atoms with Crippen LogP contribution in [0.5, 0.6) is 0 Å². The number of carbonyl (C=O) groups is 1. The number of ether oxygens (including phenoxy) is 1. The molecule has 5 atom stereocenters. The van der Waals surface area contributed by atoms with Crippen molar-refractivity contribution in [3.8, 4) is 0 Å². The van der Waals surface area contributed by atoms with E-state index in [0.717, 1.165) is 21.5 Å². The van der Waals surface area contributed by atoms with Crippen LogP contribution in [0, 0.1) is 0 Å². The molecular weight excluding hydrogens is 374 g/mol. The van der Waals surface area contributed by atoms with Crippen molar-refractivity contribution in [2.45, 2.75) is 30.6 Å². The first-order chi connectivity index (χ1) is 11.4. The van der Waals surface area contributed by atoms with Gasteiger partial charge in [0.15, 0.2) is 10.5 Å². The lowest BCUT2D eigenvalue weighted by molar-refractivity contribution is -0.252. The Labute approximate surface area is 151 Å². The highest BCUT2D eigenvalue weighted by Crippen LogP contribution is 2.37. The quantitative estimate of drug-likeness (QED) is 0.414. The van der Waals surface area contributed by atoms with Crippen LogP contribution in [0.15, 0.2) is 22.4 Å². The Morgan fingerprint density at radius 2 is 2.04 bits per heavy atom. The fourth-order valence-corrected chi connectivity index (χ4v) is 4.53. The highest BCUT2D eigenvalue weighted by atomic mass is 32.2. The molecule has 1 aromatic heterocycles. The molecular formula is C14H15NO6S3.